The molecule has 0 amide bonds. The molecule has 5 heteroatoms. The Hall–Kier alpha value is -0.290. The summed E-state index contributed by atoms with van der Waals surface area (Å²) in [6.07, 6.45) is -6.21. The van der Waals surface area contributed by atoms with Crippen LogP contribution >= 0.6 is 0 Å². The van der Waals surface area contributed by atoms with E-state index < -0.39 is 18.3 Å². The van der Waals surface area contributed by atoms with Gasteiger partial charge in [-0.05, 0) is 6.92 Å². The highest BCUT2D eigenvalue weighted by Crippen LogP contribution is 2.26. The first kappa shape index (κ1) is 8.71. The monoisotopic (exact) mass is 143 g/mol. The van der Waals surface area contributed by atoms with E-state index in [9.17, 15) is 13.2 Å². The van der Waals surface area contributed by atoms with Gasteiger partial charge in [0.25, 0.3) is 0 Å². The van der Waals surface area contributed by atoms with E-state index in [4.69, 9.17) is 5.11 Å². The average molecular weight is 143 g/mol. The Labute approximate surface area is 50.5 Å². The molecule has 0 radical (unpaired) electrons. The third-order valence-electron chi connectivity index (χ3n) is 1.03. The first-order chi connectivity index (χ1) is 3.85. The third-order valence-corrected chi connectivity index (χ3v) is 1.03. The van der Waals surface area contributed by atoms with Gasteiger partial charge in [-0.1, -0.05) is 0 Å². The number of rotatable bonds is 1. The van der Waals surface area contributed by atoms with E-state index in [2.05, 4.69) is 5.73 Å². The van der Waals surface area contributed by atoms with E-state index in [0.29, 0.717) is 0 Å². The molecule has 0 saturated heterocycles. The van der Waals surface area contributed by atoms with Gasteiger partial charge in [0, 0.05) is 0 Å². The summed E-state index contributed by atoms with van der Waals surface area (Å²) in [5.41, 5.74) is 4.56. The molecule has 0 saturated carbocycles. The molecule has 0 aromatic carbocycles. The molecule has 56 valence electrons. The van der Waals surface area contributed by atoms with Gasteiger partial charge in [0.05, 0.1) is 5.92 Å². The molecule has 0 aromatic rings. The third kappa shape index (κ3) is 2.67. The molecule has 2 atom stereocenters. The highest BCUT2D eigenvalue weighted by molar-refractivity contribution is 4.65. The van der Waals surface area contributed by atoms with Crippen molar-refractivity contribution in [3.8, 4) is 0 Å². The molecule has 0 fully saturated rings. The lowest BCUT2D eigenvalue weighted by Crippen LogP contribution is -2.37. The normalized spacial score (nSPS) is 19.3. The highest BCUT2D eigenvalue weighted by atomic mass is 19.4. The molecule has 0 aliphatic rings. The Bertz CT molecular complexity index is 90.3. The smallest absolute Gasteiger partial charge is 0.378 e. The zero-order valence-corrected chi connectivity index (χ0v) is 4.81. The van der Waals surface area contributed by atoms with Crippen LogP contribution in [0.5, 0.6) is 0 Å². The number of aliphatic hydroxyl groups is 1. The van der Waals surface area contributed by atoms with Gasteiger partial charge >= 0.3 is 6.18 Å². The van der Waals surface area contributed by atoms with Crippen molar-refractivity contribution in [1.82, 2.24) is 0 Å². The summed E-state index contributed by atoms with van der Waals surface area (Å²) in [7, 11) is 0. The molecule has 0 rings (SSSR count). The summed E-state index contributed by atoms with van der Waals surface area (Å²) in [5.74, 6) is -1.85. The average Bonchev–Trinajstić information content (AvgIpc) is 1.62. The summed E-state index contributed by atoms with van der Waals surface area (Å²) >= 11 is 0. The predicted octanol–water partition coefficient (Wildman–Crippen LogP) is 0.462. The Morgan fingerprint density at radius 3 is 1.78 bits per heavy atom. The Morgan fingerprint density at radius 1 is 1.44 bits per heavy atom. The van der Waals surface area contributed by atoms with Crippen molar-refractivity contribution >= 4 is 0 Å². The molecule has 0 bridgehead atoms. The number of aliphatic hydroxyl groups excluding tert-OH is 1. The standard InChI is InChI=1S/C4H8F3NO/c1-2(3(8)9)4(5,6)7/h2-3,9H,8H2,1H3. The molecular weight excluding hydrogens is 135 g/mol. The van der Waals surface area contributed by atoms with Gasteiger partial charge in [0.15, 0.2) is 0 Å². The van der Waals surface area contributed by atoms with E-state index in [-0.39, 0.29) is 0 Å². The molecule has 9 heavy (non-hydrogen) atoms. The fourth-order valence-electron chi connectivity index (χ4n) is 0.194. The van der Waals surface area contributed by atoms with Crippen LogP contribution in [0.25, 0.3) is 0 Å². The van der Waals surface area contributed by atoms with Gasteiger partial charge in [-0.2, -0.15) is 13.2 Å². The lowest BCUT2D eigenvalue weighted by Gasteiger charge is -2.17. The minimum Gasteiger partial charge on any atom is -0.378 e. The second-order valence-corrected chi connectivity index (χ2v) is 1.82. The van der Waals surface area contributed by atoms with Crippen LogP contribution in [0, 0.1) is 5.92 Å². The largest absolute Gasteiger partial charge is 0.395 e. The van der Waals surface area contributed by atoms with E-state index in [0.717, 1.165) is 6.92 Å². The van der Waals surface area contributed by atoms with E-state index >= 15 is 0 Å². The van der Waals surface area contributed by atoms with Crippen LogP contribution in [0.15, 0.2) is 0 Å². The minimum absolute atomic E-state index is 0.824. The molecule has 2 unspecified atom stereocenters. The fourth-order valence-corrected chi connectivity index (χ4v) is 0.194. The summed E-state index contributed by atoms with van der Waals surface area (Å²) < 4.78 is 34.4. The predicted molar refractivity (Wildman–Crippen MR) is 25.4 cm³/mol. The van der Waals surface area contributed by atoms with Gasteiger partial charge in [0.1, 0.15) is 6.23 Å². The van der Waals surface area contributed by atoms with Crippen LogP contribution in [0.3, 0.4) is 0 Å². The second kappa shape index (κ2) is 2.53. The molecule has 0 aliphatic carbocycles. The van der Waals surface area contributed by atoms with E-state index in [1.54, 1.807) is 0 Å². The van der Waals surface area contributed by atoms with Crippen molar-refractivity contribution in [2.24, 2.45) is 11.7 Å². The number of hydrogen-bond acceptors (Lipinski definition) is 2. The molecule has 3 N–H and O–H groups in total. The molecule has 0 spiro atoms. The lowest BCUT2D eigenvalue weighted by molar-refractivity contribution is -0.193. The maximum absolute atomic E-state index is 11.5. The van der Waals surface area contributed by atoms with Crippen LogP contribution in [0.1, 0.15) is 6.92 Å². The zero-order chi connectivity index (χ0) is 7.65. The van der Waals surface area contributed by atoms with Gasteiger partial charge in [-0.15, -0.1) is 0 Å². The van der Waals surface area contributed by atoms with Crippen molar-refractivity contribution in [3.05, 3.63) is 0 Å². The minimum atomic E-state index is -4.39. The van der Waals surface area contributed by atoms with Crippen LogP contribution in [-0.2, 0) is 0 Å². The van der Waals surface area contributed by atoms with E-state index in [1.807, 2.05) is 0 Å². The van der Waals surface area contributed by atoms with Crippen molar-refractivity contribution < 1.29 is 18.3 Å². The Balaban J connectivity index is 3.88. The maximum Gasteiger partial charge on any atom is 0.395 e. The molecule has 0 aliphatic heterocycles. The number of halogens is 3. The molecular formula is C4H8F3NO. The van der Waals surface area contributed by atoms with Gasteiger partial charge in [-0.3, -0.25) is 0 Å². The number of hydrogen-bond donors (Lipinski definition) is 2. The Kier molecular flexibility index (Phi) is 2.45. The topological polar surface area (TPSA) is 46.2 Å². The molecule has 0 aromatic heterocycles. The number of alkyl halides is 3. The van der Waals surface area contributed by atoms with Crippen molar-refractivity contribution in [2.45, 2.75) is 19.3 Å². The van der Waals surface area contributed by atoms with Crippen molar-refractivity contribution in [3.63, 3.8) is 0 Å². The van der Waals surface area contributed by atoms with Gasteiger partial charge < -0.3 is 10.8 Å². The first-order valence-corrected chi connectivity index (χ1v) is 2.36. The van der Waals surface area contributed by atoms with Crippen molar-refractivity contribution in [2.75, 3.05) is 0 Å². The van der Waals surface area contributed by atoms with E-state index in [1.165, 1.54) is 0 Å². The second-order valence-electron chi connectivity index (χ2n) is 1.82. The van der Waals surface area contributed by atoms with Gasteiger partial charge in [0.2, 0.25) is 0 Å². The first-order valence-electron chi connectivity index (χ1n) is 2.36. The van der Waals surface area contributed by atoms with Crippen LogP contribution in [0.2, 0.25) is 0 Å². The van der Waals surface area contributed by atoms with Gasteiger partial charge in [-0.25, -0.2) is 0 Å². The molecule has 0 heterocycles. The lowest BCUT2D eigenvalue weighted by atomic mass is 10.1. The Morgan fingerprint density at radius 2 is 1.78 bits per heavy atom. The maximum atomic E-state index is 11.5. The summed E-state index contributed by atoms with van der Waals surface area (Å²) in [6.45, 7) is 0.824. The van der Waals surface area contributed by atoms with Crippen LogP contribution < -0.4 is 5.73 Å². The summed E-state index contributed by atoms with van der Waals surface area (Å²) in [5, 5.41) is 8.21. The summed E-state index contributed by atoms with van der Waals surface area (Å²) in [6, 6.07) is 0. The van der Waals surface area contributed by atoms with Crippen molar-refractivity contribution in [1.29, 1.82) is 0 Å². The van der Waals surface area contributed by atoms with Crippen LogP contribution in [0.4, 0.5) is 13.2 Å². The van der Waals surface area contributed by atoms with Crippen LogP contribution in [-0.4, -0.2) is 17.5 Å². The zero-order valence-electron chi connectivity index (χ0n) is 4.81. The SMILES string of the molecule is CC(C(N)O)C(F)(F)F. The molecule has 2 nitrogen and oxygen atoms in total. The fraction of sp³-hybridized carbons (Fsp3) is 1.00. The number of nitrogens with two attached hydrogens (primary N) is 1. The summed E-state index contributed by atoms with van der Waals surface area (Å²) in [4.78, 5) is 0. The highest BCUT2D eigenvalue weighted by Gasteiger charge is 2.39. The quantitative estimate of drug-likeness (QED) is 0.524.